The lowest BCUT2D eigenvalue weighted by Crippen LogP contribution is -2.46. The van der Waals surface area contributed by atoms with Crippen LogP contribution >= 0.6 is 0 Å². The molecule has 2 N–H and O–H groups in total. The van der Waals surface area contributed by atoms with Crippen LogP contribution in [0.2, 0.25) is 0 Å². The third-order valence-electron chi connectivity index (χ3n) is 2.87. The van der Waals surface area contributed by atoms with E-state index in [1.165, 1.54) is 19.3 Å². The van der Waals surface area contributed by atoms with E-state index in [4.69, 9.17) is 0 Å². The monoisotopic (exact) mass is 233 g/mol. The molecule has 0 spiro atoms. The maximum atomic E-state index is 11.7. The third-order valence-corrected chi connectivity index (χ3v) is 2.87. The number of rotatable bonds is 4. The molecule has 0 unspecified atom stereocenters. The minimum atomic E-state index is 0.0238. The van der Waals surface area contributed by atoms with Crippen molar-refractivity contribution in [2.24, 2.45) is 0 Å². The minimum Gasteiger partial charge on any atom is -0.376 e. The molecule has 0 radical (unpaired) electrons. The van der Waals surface area contributed by atoms with Crippen molar-refractivity contribution in [2.45, 2.75) is 19.3 Å². The normalized spacial score (nSPS) is 16.5. The molecule has 17 heavy (non-hydrogen) atoms. The Morgan fingerprint density at radius 1 is 1.12 bits per heavy atom. The molecule has 0 saturated carbocycles. The van der Waals surface area contributed by atoms with E-state index in [0.717, 1.165) is 18.8 Å². The number of anilines is 1. The number of nitrogens with zero attached hydrogens (tertiary/aromatic N) is 1. The molecule has 1 amide bonds. The Morgan fingerprint density at radius 2 is 1.82 bits per heavy atom. The van der Waals surface area contributed by atoms with Crippen LogP contribution in [-0.4, -0.2) is 30.6 Å². The summed E-state index contributed by atoms with van der Waals surface area (Å²) in [4.78, 5) is 11.7. The van der Waals surface area contributed by atoms with E-state index in [9.17, 15) is 4.79 Å². The summed E-state index contributed by atoms with van der Waals surface area (Å²) in [5.41, 5.74) is 3.89. The summed E-state index contributed by atoms with van der Waals surface area (Å²) in [6.07, 6.45) is 3.62. The van der Waals surface area contributed by atoms with Crippen molar-refractivity contribution < 1.29 is 4.79 Å². The molecular weight excluding hydrogens is 214 g/mol. The fourth-order valence-corrected chi connectivity index (χ4v) is 1.96. The molecule has 2 rings (SSSR count). The first kappa shape index (κ1) is 11.9. The highest BCUT2D eigenvalue weighted by atomic mass is 16.2. The summed E-state index contributed by atoms with van der Waals surface area (Å²) < 4.78 is 0. The zero-order valence-electron chi connectivity index (χ0n) is 9.98. The lowest BCUT2D eigenvalue weighted by molar-refractivity contribution is -0.124. The first-order valence-corrected chi connectivity index (χ1v) is 6.18. The van der Waals surface area contributed by atoms with Crippen molar-refractivity contribution in [3.8, 4) is 0 Å². The molecule has 0 aromatic heterocycles. The number of para-hydroxylation sites is 1. The van der Waals surface area contributed by atoms with E-state index in [0.29, 0.717) is 6.54 Å². The van der Waals surface area contributed by atoms with Crippen molar-refractivity contribution >= 4 is 11.6 Å². The Kier molecular flexibility index (Phi) is 4.38. The Hall–Kier alpha value is -1.55. The topological polar surface area (TPSA) is 44.4 Å². The number of amides is 1. The lowest BCUT2D eigenvalue weighted by Gasteiger charge is -2.26. The second-order valence-electron chi connectivity index (χ2n) is 4.30. The van der Waals surface area contributed by atoms with Gasteiger partial charge in [-0.3, -0.25) is 10.2 Å². The number of hydrogen-bond donors (Lipinski definition) is 2. The van der Waals surface area contributed by atoms with Crippen molar-refractivity contribution in [2.75, 3.05) is 25.0 Å². The van der Waals surface area contributed by atoms with E-state index < -0.39 is 0 Å². The average Bonchev–Trinajstić information content (AvgIpc) is 2.39. The molecule has 0 atom stereocenters. The molecule has 92 valence electrons. The van der Waals surface area contributed by atoms with Gasteiger partial charge in [0.15, 0.2) is 0 Å². The van der Waals surface area contributed by atoms with Gasteiger partial charge in [0.1, 0.15) is 0 Å². The van der Waals surface area contributed by atoms with E-state index in [-0.39, 0.29) is 5.91 Å². The van der Waals surface area contributed by atoms with Gasteiger partial charge in [-0.15, -0.1) is 0 Å². The fourth-order valence-electron chi connectivity index (χ4n) is 1.96. The van der Waals surface area contributed by atoms with Crippen molar-refractivity contribution in [3.63, 3.8) is 0 Å². The largest absolute Gasteiger partial charge is 0.376 e. The van der Waals surface area contributed by atoms with Gasteiger partial charge in [0.25, 0.3) is 5.91 Å². The molecule has 4 nitrogen and oxygen atoms in total. The van der Waals surface area contributed by atoms with Gasteiger partial charge in [-0.1, -0.05) is 24.6 Å². The molecule has 1 aromatic carbocycles. The Morgan fingerprint density at radius 3 is 2.53 bits per heavy atom. The highest BCUT2D eigenvalue weighted by Crippen LogP contribution is 2.06. The number of piperidine rings is 1. The fraction of sp³-hybridized carbons (Fsp3) is 0.462. The molecule has 0 bridgehead atoms. The lowest BCUT2D eigenvalue weighted by atomic mass is 10.2. The van der Waals surface area contributed by atoms with Gasteiger partial charge in [-0.05, 0) is 25.0 Å². The van der Waals surface area contributed by atoms with Crippen LogP contribution in [-0.2, 0) is 4.79 Å². The Bertz CT molecular complexity index is 347. The molecule has 1 fully saturated rings. The van der Waals surface area contributed by atoms with Crippen LogP contribution < -0.4 is 10.7 Å². The molecule has 1 heterocycles. The first-order chi connectivity index (χ1) is 8.34. The minimum absolute atomic E-state index is 0.0238. The number of carbonyl (C=O) groups excluding carboxylic acids is 1. The van der Waals surface area contributed by atoms with E-state index in [2.05, 4.69) is 10.7 Å². The average molecular weight is 233 g/mol. The zero-order valence-corrected chi connectivity index (χ0v) is 9.98. The smallest absolute Gasteiger partial charge is 0.253 e. The Balaban J connectivity index is 1.70. The summed E-state index contributed by atoms with van der Waals surface area (Å²) >= 11 is 0. The van der Waals surface area contributed by atoms with Crippen LogP contribution in [0.15, 0.2) is 30.3 Å². The molecule has 4 heteroatoms. The van der Waals surface area contributed by atoms with Gasteiger partial charge in [0.05, 0.1) is 6.54 Å². The van der Waals surface area contributed by atoms with Crippen LogP contribution in [0.25, 0.3) is 0 Å². The summed E-state index contributed by atoms with van der Waals surface area (Å²) in [6.45, 7) is 2.26. The summed E-state index contributed by atoms with van der Waals surface area (Å²) in [5, 5.41) is 5.11. The highest BCUT2D eigenvalue weighted by Gasteiger charge is 2.12. The van der Waals surface area contributed by atoms with Crippen LogP contribution in [0.4, 0.5) is 5.69 Å². The second kappa shape index (κ2) is 6.25. The molecule has 1 aliphatic heterocycles. The number of benzene rings is 1. The number of hydrogen-bond acceptors (Lipinski definition) is 3. The van der Waals surface area contributed by atoms with Crippen LogP contribution in [0, 0.1) is 0 Å². The van der Waals surface area contributed by atoms with Crippen molar-refractivity contribution in [3.05, 3.63) is 30.3 Å². The van der Waals surface area contributed by atoms with Gasteiger partial charge in [-0.25, -0.2) is 5.01 Å². The van der Waals surface area contributed by atoms with Gasteiger partial charge in [0.2, 0.25) is 0 Å². The summed E-state index contributed by atoms with van der Waals surface area (Å²) in [7, 11) is 0. The van der Waals surface area contributed by atoms with E-state index >= 15 is 0 Å². The van der Waals surface area contributed by atoms with Crippen LogP contribution in [0.5, 0.6) is 0 Å². The standard InChI is InChI=1S/C13H19N3O/c17-13(15-16-9-5-2-6-10-16)11-14-12-7-3-1-4-8-12/h1,3-4,7-8,14H,2,5-6,9-11H2,(H,15,17). The summed E-state index contributed by atoms with van der Waals surface area (Å²) in [6, 6.07) is 9.76. The second-order valence-corrected chi connectivity index (χ2v) is 4.30. The maximum absolute atomic E-state index is 11.7. The predicted octanol–water partition coefficient (Wildman–Crippen LogP) is 1.62. The van der Waals surface area contributed by atoms with E-state index in [1.54, 1.807) is 0 Å². The quantitative estimate of drug-likeness (QED) is 0.830. The van der Waals surface area contributed by atoms with Gasteiger partial charge < -0.3 is 5.32 Å². The number of nitrogens with one attached hydrogen (secondary N) is 2. The zero-order chi connectivity index (χ0) is 11.9. The van der Waals surface area contributed by atoms with E-state index in [1.807, 2.05) is 35.3 Å². The van der Waals surface area contributed by atoms with Crippen LogP contribution in [0.3, 0.4) is 0 Å². The predicted molar refractivity (Wildman–Crippen MR) is 68.5 cm³/mol. The molecule has 1 saturated heterocycles. The first-order valence-electron chi connectivity index (χ1n) is 6.18. The molecule has 0 aliphatic carbocycles. The van der Waals surface area contributed by atoms with Gasteiger partial charge in [0, 0.05) is 18.8 Å². The van der Waals surface area contributed by atoms with Gasteiger partial charge in [-0.2, -0.15) is 0 Å². The molecule has 1 aromatic rings. The van der Waals surface area contributed by atoms with Crippen molar-refractivity contribution in [1.82, 2.24) is 10.4 Å². The summed E-state index contributed by atoms with van der Waals surface area (Å²) in [5.74, 6) is 0.0238. The Labute approximate surface area is 102 Å². The SMILES string of the molecule is O=C(CNc1ccccc1)NN1CCCCC1. The van der Waals surface area contributed by atoms with Crippen LogP contribution in [0.1, 0.15) is 19.3 Å². The molecule has 1 aliphatic rings. The number of hydrazine groups is 1. The third kappa shape index (κ3) is 4.07. The highest BCUT2D eigenvalue weighted by molar-refractivity contribution is 5.80. The maximum Gasteiger partial charge on any atom is 0.253 e. The van der Waals surface area contributed by atoms with Gasteiger partial charge >= 0.3 is 0 Å². The number of carbonyl (C=O) groups is 1. The molecular formula is C13H19N3O. The van der Waals surface area contributed by atoms with Crippen molar-refractivity contribution in [1.29, 1.82) is 0 Å².